The average Bonchev–Trinajstić information content (AvgIpc) is 3.35. The minimum absolute atomic E-state index is 0.0402. The van der Waals surface area contributed by atoms with Crippen LogP contribution in [0.4, 0.5) is 5.69 Å². The van der Waals surface area contributed by atoms with Gasteiger partial charge < -0.3 is 15.0 Å². The van der Waals surface area contributed by atoms with Crippen molar-refractivity contribution >= 4 is 50.7 Å². The van der Waals surface area contributed by atoms with Crippen molar-refractivity contribution in [1.82, 2.24) is 10.2 Å². The van der Waals surface area contributed by atoms with Gasteiger partial charge in [0.15, 0.2) is 0 Å². The van der Waals surface area contributed by atoms with E-state index >= 15 is 0 Å². The minimum atomic E-state index is -3.86. The van der Waals surface area contributed by atoms with Gasteiger partial charge in [0.05, 0.1) is 29.1 Å². The van der Waals surface area contributed by atoms with Crippen LogP contribution in [0.1, 0.15) is 38.2 Å². The maximum absolute atomic E-state index is 13.7. The Bertz CT molecular complexity index is 1200. The van der Waals surface area contributed by atoms with Gasteiger partial charge in [0.25, 0.3) is 0 Å². The number of carbonyl (C=O) groups excluding carboxylic acids is 2. The van der Waals surface area contributed by atoms with E-state index in [0.717, 1.165) is 36.2 Å². The summed E-state index contributed by atoms with van der Waals surface area (Å²) >= 11 is 12.2. The third kappa shape index (κ3) is 7.05. The summed E-state index contributed by atoms with van der Waals surface area (Å²) in [6, 6.07) is 10.7. The summed E-state index contributed by atoms with van der Waals surface area (Å²) in [5.74, 6) is -0.538. The van der Waals surface area contributed by atoms with E-state index in [2.05, 4.69) is 5.32 Å². The largest absolute Gasteiger partial charge is 0.495 e. The molecule has 36 heavy (non-hydrogen) atoms. The van der Waals surface area contributed by atoms with Crippen molar-refractivity contribution < 1.29 is 22.7 Å². The molecule has 8 nitrogen and oxygen atoms in total. The molecule has 11 heteroatoms. The number of para-hydroxylation sites is 2. The number of hydrogen-bond acceptors (Lipinski definition) is 5. The van der Waals surface area contributed by atoms with Gasteiger partial charge in [0.1, 0.15) is 18.3 Å². The summed E-state index contributed by atoms with van der Waals surface area (Å²) in [6.45, 7) is 1.16. The van der Waals surface area contributed by atoms with E-state index in [1.165, 1.54) is 12.0 Å². The zero-order valence-electron chi connectivity index (χ0n) is 20.5. The SMILES string of the molecule is COc1ccccc1N(CC(=O)N(Cc1ccc(Cl)c(Cl)c1)[C@H](C)C(=O)NC1CCCC1)S(C)(=O)=O. The van der Waals surface area contributed by atoms with E-state index in [1.54, 1.807) is 49.4 Å². The van der Waals surface area contributed by atoms with Crippen molar-refractivity contribution in [2.45, 2.75) is 51.2 Å². The van der Waals surface area contributed by atoms with Gasteiger partial charge in [0, 0.05) is 12.6 Å². The number of methoxy groups -OCH3 is 1. The number of rotatable bonds is 10. The number of halogens is 2. The van der Waals surface area contributed by atoms with Gasteiger partial charge >= 0.3 is 0 Å². The smallest absolute Gasteiger partial charge is 0.244 e. The second-order valence-corrected chi connectivity index (χ2v) is 11.6. The number of sulfonamides is 1. The van der Waals surface area contributed by atoms with Gasteiger partial charge in [-0.25, -0.2) is 8.42 Å². The lowest BCUT2D eigenvalue weighted by atomic mass is 10.1. The molecule has 1 atom stereocenters. The number of benzene rings is 2. The highest BCUT2D eigenvalue weighted by atomic mass is 35.5. The maximum atomic E-state index is 13.7. The van der Waals surface area contributed by atoms with Crippen LogP contribution in [-0.2, 0) is 26.2 Å². The Morgan fingerprint density at radius 1 is 1.11 bits per heavy atom. The van der Waals surface area contributed by atoms with E-state index in [4.69, 9.17) is 27.9 Å². The van der Waals surface area contributed by atoms with Crippen molar-refractivity contribution in [1.29, 1.82) is 0 Å². The van der Waals surface area contributed by atoms with Gasteiger partial charge in [0.2, 0.25) is 21.8 Å². The van der Waals surface area contributed by atoms with E-state index in [-0.39, 0.29) is 24.2 Å². The fourth-order valence-electron chi connectivity index (χ4n) is 4.24. The number of anilines is 1. The normalized spacial score (nSPS) is 14.8. The lowest BCUT2D eigenvalue weighted by molar-refractivity contribution is -0.139. The first kappa shape index (κ1) is 28.1. The van der Waals surface area contributed by atoms with Crippen LogP contribution in [0.3, 0.4) is 0 Å². The number of hydrogen-bond donors (Lipinski definition) is 1. The Morgan fingerprint density at radius 3 is 2.39 bits per heavy atom. The summed E-state index contributed by atoms with van der Waals surface area (Å²) in [5, 5.41) is 3.70. The lowest BCUT2D eigenvalue weighted by Crippen LogP contribution is -2.52. The molecule has 0 spiro atoms. The molecule has 0 bridgehead atoms. The summed E-state index contributed by atoms with van der Waals surface area (Å²) in [7, 11) is -2.44. The molecule has 1 aliphatic carbocycles. The zero-order chi connectivity index (χ0) is 26.5. The Hall–Kier alpha value is -2.49. The summed E-state index contributed by atoms with van der Waals surface area (Å²) in [5.41, 5.74) is 0.884. The standard InChI is InChI=1S/C25H31Cl2N3O5S/c1-17(25(32)28-19-8-4-5-9-19)29(15-18-12-13-20(26)21(27)14-18)24(31)16-30(36(3,33)34)22-10-6-7-11-23(22)35-2/h6-7,10-14,17,19H,4-5,8-9,15-16H2,1-3H3,(H,28,32)/t17-/m1/s1. The van der Waals surface area contributed by atoms with Crippen LogP contribution in [-0.4, -0.2) is 57.1 Å². The Morgan fingerprint density at radius 2 is 1.78 bits per heavy atom. The van der Waals surface area contributed by atoms with Crippen molar-refractivity contribution in [3.05, 3.63) is 58.1 Å². The molecule has 2 aromatic carbocycles. The molecular formula is C25H31Cl2N3O5S. The number of carbonyl (C=O) groups is 2. The van der Waals surface area contributed by atoms with Gasteiger partial charge in [-0.2, -0.15) is 0 Å². The summed E-state index contributed by atoms with van der Waals surface area (Å²) < 4.78 is 31.7. The van der Waals surface area contributed by atoms with Crippen LogP contribution in [0.15, 0.2) is 42.5 Å². The average molecular weight is 557 g/mol. The lowest BCUT2D eigenvalue weighted by Gasteiger charge is -2.32. The second kappa shape index (κ2) is 12.2. The molecule has 0 aliphatic heterocycles. The van der Waals surface area contributed by atoms with Crippen LogP contribution in [0.25, 0.3) is 0 Å². The van der Waals surface area contributed by atoms with E-state index in [9.17, 15) is 18.0 Å². The highest BCUT2D eigenvalue weighted by molar-refractivity contribution is 7.92. The highest BCUT2D eigenvalue weighted by Gasteiger charge is 2.32. The van der Waals surface area contributed by atoms with Crippen LogP contribution in [0.2, 0.25) is 10.0 Å². The first-order valence-electron chi connectivity index (χ1n) is 11.7. The molecule has 0 radical (unpaired) electrons. The molecule has 0 saturated heterocycles. The number of nitrogens with zero attached hydrogens (tertiary/aromatic N) is 2. The van der Waals surface area contributed by atoms with Gasteiger partial charge in [-0.05, 0) is 49.6 Å². The molecule has 2 aromatic rings. The highest BCUT2D eigenvalue weighted by Crippen LogP contribution is 2.30. The Labute approximate surface area is 222 Å². The van der Waals surface area contributed by atoms with Crippen molar-refractivity contribution in [2.24, 2.45) is 0 Å². The molecule has 0 heterocycles. The number of ether oxygens (including phenoxy) is 1. The molecule has 196 valence electrons. The molecule has 3 rings (SSSR count). The van der Waals surface area contributed by atoms with Crippen LogP contribution >= 0.6 is 23.2 Å². The minimum Gasteiger partial charge on any atom is -0.495 e. The first-order chi connectivity index (χ1) is 17.0. The molecule has 0 unspecified atom stereocenters. The number of amides is 2. The third-order valence-electron chi connectivity index (χ3n) is 6.24. The van der Waals surface area contributed by atoms with Crippen LogP contribution in [0, 0.1) is 0 Å². The summed E-state index contributed by atoms with van der Waals surface area (Å²) in [6.07, 6.45) is 4.91. The predicted molar refractivity (Wildman–Crippen MR) is 142 cm³/mol. The topological polar surface area (TPSA) is 96.0 Å². The fourth-order valence-corrected chi connectivity index (χ4v) is 5.41. The van der Waals surface area contributed by atoms with Gasteiger partial charge in [-0.1, -0.05) is 54.2 Å². The van der Waals surface area contributed by atoms with Gasteiger partial charge in [-0.3, -0.25) is 13.9 Å². The Balaban J connectivity index is 1.92. The zero-order valence-corrected chi connectivity index (χ0v) is 22.9. The first-order valence-corrected chi connectivity index (χ1v) is 14.3. The number of nitrogens with one attached hydrogen (secondary N) is 1. The summed E-state index contributed by atoms with van der Waals surface area (Å²) in [4.78, 5) is 28.1. The molecule has 1 saturated carbocycles. The second-order valence-electron chi connectivity index (χ2n) is 8.88. The monoisotopic (exact) mass is 555 g/mol. The predicted octanol–water partition coefficient (Wildman–Crippen LogP) is 4.24. The van der Waals surface area contributed by atoms with Gasteiger partial charge in [-0.15, -0.1) is 0 Å². The maximum Gasteiger partial charge on any atom is 0.244 e. The van der Waals surface area contributed by atoms with Crippen LogP contribution < -0.4 is 14.4 Å². The third-order valence-corrected chi connectivity index (χ3v) is 8.10. The molecule has 2 amide bonds. The fraction of sp³-hybridized carbons (Fsp3) is 0.440. The molecule has 1 fully saturated rings. The van der Waals surface area contributed by atoms with Crippen molar-refractivity contribution in [2.75, 3.05) is 24.2 Å². The van der Waals surface area contributed by atoms with E-state index in [1.807, 2.05) is 0 Å². The molecule has 0 aromatic heterocycles. The quantitative estimate of drug-likeness (QED) is 0.472. The van der Waals surface area contributed by atoms with Crippen molar-refractivity contribution in [3.63, 3.8) is 0 Å². The van der Waals surface area contributed by atoms with E-state index < -0.39 is 28.5 Å². The molecule has 1 N–H and O–H groups in total. The van der Waals surface area contributed by atoms with E-state index in [0.29, 0.717) is 21.4 Å². The Kier molecular flexibility index (Phi) is 9.49. The molecular weight excluding hydrogens is 525 g/mol. The van der Waals surface area contributed by atoms with Crippen LogP contribution in [0.5, 0.6) is 5.75 Å². The molecule has 1 aliphatic rings. The van der Waals surface area contributed by atoms with Crippen molar-refractivity contribution in [3.8, 4) is 5.75 Å².